The minimum atomic E-state index is -0.421. The molecule has 5 nitrogen and oxygen atoms in total. The lowest BCUT2D eigenvalue weighted by Crippen LogP contribution is -2.19. The zero-order valence-electron chi connectivity index (χ0n) is 11.0. The standard InChI is InChI=1S/C14H18N2O3/c1-9-4-13(16(17)18)14(15-7-9)19-8-12-6-10-2-3-11(12)5-10/h4,7,10-12H,2-3,5-6,8H2,1H3/t10-,11-,12-/m0/s1. The lowest BCUT2D eigenvalue weighted by molar-refractivity contribution is -0.386. The average Bonchev–Trinajstić information content (AvgIpc) is 2.99. The highest BCUT2D eigenvalue weighted by atomic mass is 16.6. The van der Waals surface area contributed by atoms with Crippen LogP contribution in [0.1, 0.15) is 31.2 Å². The molecule has 0 unspecified atom stereocenters. The Morgan fingerprint density at radius 1 is 1.47 bits per heavy atom. The smallest absolute Gasteiger partial charge is 0.331 e. The van der Waals surface area contributed by atoms with Crippen LogP contribution in [0, 0.1) is 34.8 Å². The van der Waals surface area contributed by atoms with Crippen molar-refractivity contribution in [1.29, 1.82) is 0 Å². The van der Waals surface area contributed by atoms with E-state index in [1.54, 1.807) is 13.1 Å². The second kappa shape index (κ2) is 4.79. The third-order valence-electron chi connectivity index (χ3n) is 4.48. The van der Waals surface area contributed by atoms with Crippen LogP contribution in [0.4, 0.5) is 5.69 Å². The zero-order chi connectivity index (χ0) is 13.4. The topological polar surface area (TPSA) is 65.3 Å². The van der Waals surface area contributed by atoms with Gasteiger partial charge in [-0.1, -0.05) is 6.42 Å². The van der Waals surface area contributed by atoms with E-state index in [9.17, 15) is 10.1 Å². The maximum Gasteiger partial charge on any atom is 0.331 e. The second-order valence-corrected chi connectivity index (χ2v) is 5.84. The predicted octanol–water partition coefficient (Wildman–Crippen LogP) is 3.11. The fourth-order valence-corrected chi connectivity index (χ4v) is 3.55. The van der Waals surface area contributed by atoms with Crippen LogP contribution in [0.2, 0.25) is 0 Å². The first-order valence-corrected chi connectivity index (χ1v) is 6.87. The van der Waals surface area contributed by atoms with E-state index in [4.69, 9.17) is 4.74 Å². The molecule has 3 atom stereocenters. The summed E-state index contributed by atoms with van der Waals surface area (Å²) in [7, 11) is 0. The Hall–Kier alpha value is -1.65. The molecule has 0 saturated heterocycles. The molecule has 1 aromatic rings. The van der Waals surface area contributed by atoms with Crippen molar-refractivity contribution < 1.29 is 9.66 Å². The van der Waals surface area contributed by atoms with E-state index in [1.165, 1.54) is 31.7 Å². The van der Waals surface area contributed by atoms with Crippen molar-refractivity contribution in [1.82, 2.24) is 4.98 Å². The first-order chi connectivity index (χ1) is 9.13. The summed E-state index contributed by atoms with van der Waals surface area (Å²) in [4.78, 5) is 14.6. The predicted molar refractivity (Wildman–Crippen MR) is 70.1 cm³/mol. The summed E-state index contributed by atoms with van der Waals surface area (Å²) in [5.74, 6) is 2.34. The molecule has 1 aromatic heterocycles. The SMILES string of the molecule is Cc1cnc(OC[C@@H]2C[C@H]3CC[C@H]2C3)c([N+](=O)[O-])c1. The van der Waals surface area contributed by atoms with E-state index in [2.05, 4.69) is 4.98 Å². The molecule has 2 bridgehead atoms. The van der Waals surface area contributed by atoms with Crippen LogP contribution >= 0.6 is 0 Å². The molecule has 2 aliphatic carbocycles. The zero-order valence-corrected chi connectivity index (χ0v) is 11.0. The molecule has 0 aliphatic heterocycles. The molecule has 0 N–H and O–H groups in total. The van der Waals surface area contributed by atoms with Crippen LogP contribution in [0.5, 0.6) is 5.88 Å². The maximum atomic E-state index is 11.0. The summed E-state index contributed by atoms with van der Waals surface area (Å²) < 4.78 is 5.64. The molecule has 0 aromatic carbocycles. The Kier molecular flexibility index (Phi) is 3.12. The van der Waals surface area contributed by atoms with Crippen LogP contribution in [0.3, 0.4) is 0 Å². The minimum absolute atomic E-state index is 0.0249. The molecular weight excluding hydrogens is 244 g/mol. The van der Waals surface area contributed by atoms with Crippen molar-refractivity contribution >= 4 is 5.69 Å². The molecule has 5 heteroatoms. The second-order valence-electron chi connectivity index (χ2n) is 5.84. The molecule has 2 aliphatic rings. The first kappa shape index (κ1) is 12.4. The van der Waals surface area contributed by atoms with Gasteiger partial charge < -0.3 is 4.74 Å². The number of aryl methyl sites for hydroxylation is 1. The van der Waals surface area contributed by atoms with E-state index in [-0.39, 0.29) is 11.6 Å². The van der Waals surface area contributed by atoms with Crippen molar-refractivity contribution in [2.75, 3.05) is 6.61 Å². The molecule has 2 fully saturated rings. The quantitative estimate of drug-likeness (QED) is 0.617. The lowest BCUT2D eigenvalue weighted by atomic mass is 9.90. The molecule has 19 heavy (non-hydrogen) atoms. The van der Waals surface area contributed by atoms with Crippen LogP contribution in [0.15, 0.2) is 12.3 Å². The number of pyridine rings is 1. The van der Waals surface area contributed by atoms with Crippen LogP contribution in [0.25, 0.3) is 0 Å². The normalized spacial score (nSPS) is 28.6. The number of nitrogens with zero attached hydrogens (tertiary/aromatic N) is 2. The fraction of sp³-hybridized carbons (Fsp3) is 0.643. The largest absolute Gasteiger partial charge is 0.473 e. The van der Waals surface area contributed by atoms with Crippen LogP contribution < -0.4 is 4.74 Å². The van der Waals surface area contributed by atoms with Gasteiger partial charge >= 0.3 is 5.69 Å². The summed E-state index contributed by atoms with van der Waals surface area (Å²) in [5, 5.41) is 11.0. The van der Waals surface area contributed by atoms with Gasteiger partial charge in [-0.2, -0.15) is 0 Å². The van der Waals surface area contributed by atoms with E-state index in [0.717, 1.165) is 17.4 Å². The van der Waals surface area contributed by atoms with Gasteiger partial charge in [0.05, 0.1) is 11.5 Å². The maximum absolute atomic E-state index is 11.0. The van der Waals surface area contributed by atoms with Crippen molar-refractivity contribution in [3.63, 3.8) is 0 Å². The van der Waals surface area contributed by atoms with E-state index < -0.39 is 4.92 Å². The third kappa shape index (κ3) is 2.41. The van der Waals surface area contributed by atoms with Gasteiger partial charge in [-0.05, 0) is 49.5 Å². The number of hydrogen-bond donors (Lipinski definition) is 0. The fourth-order valence-electron chi connectivity index (χ4n) is 3.55. The van der Waals surface area contributed by atoms with Gasteiger partial charge in [0.1, 0.15) is 0 Å². The van der Waals surface area contributed by atoms with Gasteiger partial charge in [0.15, 0.2) is 0 Å². The Labute approximate surface area is 112 Å². The van der Waals surface area contributed by atoms with Gasteiger partial charge in [-0.3, -0.25) is 10.1 Å². The summed E-state index contributed by atoms with van der Waals surface area (Å²) in [6, 6.07) is 1.52. The van der Waals surface area contributed by atoms with Crippen LogP contribution in [-0.2, 0) is 0 Å². The number of hydrogen-bond acceptors (Lipinski definition) is 4. The summed E-state index contributed by atoms with van der Waals surface area (Å²) >= 11 is 0. The number of rotatable bonds is 4. The summed E-state index contributed by atoms with van der Waals surface area (Å²) in [6.45, 7) is 2.36. The van der Waals surface area contributed by atoms with Gasteiger partial charge in [-0.15, -0.1) is 0 Å². The van der Waals surface area contributed by atoms with E-state index in [1.807, 2.05) is 0 Å². The first-order valence-electron chi connectivity index (χ1n) is 6.87. The minimum Gasteiger partial charge on any atom is -0.473 e. The molecule has 1 heterocycles. The van der Waals surface area contributed by atoms with Gasteiger partial charge in [0.2, 0.25) is 0 Å². The van der Waals surface area contributed by atoms with Gasteiger partial charge in [0.25, 0.3) is 5.88 Å². The average molecular weight is 262 g/mol. The summed E-state index contributed by atoms with van der Waals surface area (Å²) in [6.07, 6.45) is 6.79. The molecule has 0 amide bonds. The number of nitro groups is 1. The Balaban J connectivity index is 1.68. The monoisotopic (exact) mass is 262 g/mol. The molecule has 2 saturated carbocycles. The molecule has 0 spiro atoms. The van der Waals surface area contributed by atoms with E-state index in [0.29, 0.717) is 12.5 Å². The Bertz CT molecular complexity index is 503. The Morgan fingerprint density at radius 2 is 2.32 bits per heavy atom. The summed E-state index contributed by atoms with van der Waals surface area (Å²) in [5.41, 5.74) is 0.752. The highest BCUT2D eigenvalue weighted by Crippen LogP contribution is 2.48. The van der Waals surface area contributed by atoms with E-state index >= 15 is 0 Å². The number of aromatic nitrogens is 1. The number of ether oxygens (including phenoxy) is 1. The Morgan fingerprint density at radius 3 is 2.95 bits per heavy atom. The highest BCUT2D eigenvalue weighted by Gasteiger charge is 2.39. The van der Waals surface area contributed by atoms with Crippen LogP contribution in [-0.4, -0.2) is 16.5 Å². The third-order valence-corrected chi connectivity index (χ3v) is 4.48. The van der Waals surface area contributed by atoms with Crippen molar-refractivity contribution in [2.45, 2.75) is 32.6 Å². The van der Waals surface area contributed by atoms with Crippen molar-refractivity contribution in [2.24, 2.45) is 17.8 Å². The molecule has 102 valence electrons. The van der Waals surface area contributed by atoms with Gasteiger partial charge in [0, 0.05) is 12.3 Å². The van der Waals surface area contributed by atoms with Crippen molar-refractivity contribution in [3.05, 3.63) is 27.9 Å². The number of fused-ring (bicyclic) bond motifs is 2. The molecule has 3 rings (SSSR count). The lowest BCUT2D eigenvalue weighted by Gasteiger charge is -2.21. The highest BCUT2D eigenvalue weighted by molar-refractivity contribution is 5.42. The van der Waals surface area contributed by atoms with Crippen molar-refractivity contribution in [3.8, 4) is 5.88 Å². The molecule has 0 radical (unpaired) electrons. The molecular formula is C14H18N2O3. The van der Waals surface area contributed by atoms with Gasteiger partial charge in [-0.25, -0.2) is 4.98 Å².